The Kier molecular flexibility index (Phi) is 5.30. The SMILES string of the molecule is CCn1c(CC[C@@H]2CCCN2C(=O)C2CCCNC2)cc2ccccc21. The van der Waals surface area contributed by atoms with E-state index in [0.29, 0.717) is 11.9 Å². The molecule has 2 atom stereocenters. The van der Waals surface area contributed by atoms with E-state index >= 15 is 0 Å². The van der Waals surface area contributed by atoms with Crippen LogP contribution in [0.15, 0.2) is 30.3 Å². The minimum absolute atomic E-state index is 0.200. The fourth-order valence-corrected chi connectivity index (χ4v) is 4.89. The number of para-hydroxylation sites is 1. The molecule has 4 rings (SSSR count). The number of rotatable bonds is 5. The lowest BCUT2D eigenvalue weighted by molar-refractivity contribution is -0.137. The Labute approximate surface area is 156 Å². The normalized spacial score (nSPS) is 23.7. The number of benzene rings is 1. The molecule has 0 bridgehead atoms. The molecule has 2 aliphatic rings. The van der Waals surface area contributed by atoms with Gasteiger partial charge in [-0.25, -0.2) is 0 Å². The number of fused-ring (bicyclic) bond motifs is 1. The minimum Gasteiger partial charge on any atom is -0.345 e. The van der Waals surface area contributed by atoms with Crippen molar-refractivity contribution in [1.82, 2.24) is 14.8 Å². The summed E-state index contributed by atoms with van der Waals surface area (Å²) in [5, 5.41) is 4.72. The summed E-state index contributed by atoms with van der Waals surface area (Å²) in [6.07, 6.45) is 6.65. The molecular formula is C22H31N3O. The Balaban J connectivity index is 1.44. The summed E-state index contributed by atoms with van der Waals surface area (Å²) in [6, 6.07) is 11.4. The van der Waals surface area contributed by atoms with Crippen LogP contribution in [0, 0.1) is 5.92 Å². The van der Waals surface area contributed by atoms with Crippen LogP contribution in [0.4, 0.5) is 0 Å². The molecule has 4 nitrogen and oxygen atoms in total. The van der Waals surface area contributed by atoms with Crippen LogP contribution in [-0.2, 0) is 17.8 Å². The summed E-state index contributed by atoms with van der Waals surface area (Å²) in [5.41, 5.74) is 2.74. The maximum atomic E-state index is 13.0. The molecule has 140 valence electrons. The van der Waals surface area contributed by atoms with E-state index in [9.17, 15) is 4.79 Å². The number of aromatic nitrogens is 1. The number of nitrogens with zero attached hydrogens (tertiary/aromatic N) is 2. The number of carbonyl (C=O) groups is 1. The van der Waals surface area contributed by atoms with E-state index in [0.717, 1.165) is 64.7 Å². The van der Waals surface area contributed by atoms with Gasteiger partial charge in [0.1, 0.15) is 0 Å². The number of carbonyl (C=O) groups excluding carboxylic acids is 1. The van der Waals surface area contributed by atoms with Gasteiger partial charge in [0.2, 0.25) is 5.91 Å². The Bertz CT molecular complexity index is 760. The van der Waals surface area contributed by atoms with Gasteiger partial charge in [-0.05, 0) is 69.5 Å². The number of hydrogen-bond acceptors (Lipinski definition) is 2. The second-order valence-electron chi connectivity index (χ2n) is 7.85. The van der Waals surface area contributed by atoms with Crippen molar-refractivity contribution in [3.05, 3.63) is 36.0 Å². The first kappa shape index (κ1) is 17.6. The topological polar surface area (TPSA) is 37.3 Å². The lowest BCUT2D eigenvalue weighted by atomic mass is 9.97. The van der Waals surface area contributed by atoms with E-state index in [4.69, 9.17) is 0 Å². The molecule has 1 aromatic heterocycles. The third-order valence-electron chi connectivity index (χ3n) is 6.25. The molecule has 1 aromatic carbocycles. The number of likely N-dealkylation sites (tertiary alicyclic amines) is 1. The quantitative estimate of drug-likeness (QED) is 0.892. The lowest BCUT2D eigenvalue weighted by Crippen LogP contribution is -2.45. The first-order valence-electron chi connectivity index (χ1n) is 10.4. The first-order valence-corrected chi connectivity index (χ1v) is 10.4. The van der Waals surface area contributed by atoms with Crippen molar-refractivity contribution in [2.24, 2.45) is 5.92 Å². The average Bonchev–Trinajstić information content (AvgIpc) is 3.30. The van der Waals surface area contributed by atoms with Crippen LogP contribution in [0.5, 0.6) is 0 Å². The second kappa shape index (κ2) is 7.83. The van der Waals surface area contributed by atoms with E-state index < -0.39 is 0 Å². The van der Waals surface area contributed by atoms with Crippen molar-refractivity contribution in [2.75, 3.05) is 19.6 Å². The molecule has 3 heterocycles. The van der Waals surface area contributed by atoms with Crippen molar-refractivity contribution in [3.8, 4) is 0 Å². The highest BCUT2D eigenvalue weighted by molar-refractivity contribution is 5.81. The molecule has 2 aliphatic heterocycles. The zero-order chi connectivity index (χ0) is 17.9. The summed E-state index contributed by atoms with van der Waals surface area (Å²) in [5.74, 6) is 0.599. The van der Waals surface area contributed by atoms with Crippen molar-refractivity contribution in [1.29, 1.82) is 0 Å². The van der Waals surface area contributed by atoms with Gasteiger partial charge in [-0.1, -0.05) is 18.2 Å². The Hall–Kier alpha value is -1.81. The highest BCUT2D eigenvalue weighted by Gasteiger charge is 2.33. The van der Waals surface area contributed by atoms with E-state index in [2.05, 4.69) is 52.0 Å². The number of nitrogens with one attached hydrogen (secondary N) is 1. The number of hydrogen-bond donors (Lipinski definition) is 1. The van der Waals surface area contributed by atoms with E-state index in [1.807, 2.05) is 0 Å². The summed E-state index contributed by atoms with van der Waals surface area (Å²) in [6.45, 7) is 6.11. The van der Waals surface area contributed by atoms with Crippen LogP contribution in [0.25, 0.3) is 10.9 Å². The van der Waals surface area contributed by atoms with Gasteiger partial charge in [0.25, 0.3) is 0 Å². The van der Waals surface area contributed by atoms with Gasteiger partial charge in [0, 0.05) is 36.9 Å². The molecule has 1 amide bonds. The van der Waals surface area contributed by atoms with Gasteiger partial charge in [0.05, 0.1) is 5.92 Å². The van der Waals surface area contributed by atoms with Gasteiger partial charge in [-0.2, -0.15) is 0 Å². The molecule has 26 heavy (non-hydrogen) atoms. The van der Waals surface area contributed by atoms with E-state index in [-0.39, 0.29) is 5.92 Å². The highest BCUT2D eigenvalue weighted by Crippen LogP contribution is 2.27. The summed E-state index contributed by atoms with van der Waals surface area (Å²) in [7, 11) is 0. The molecule has 4 heteroatoms. The van der Waals surface area contributed by atoms with Gasteiger partial charge >= 0.3 is 0 Å². The van der Waals surface area contributed by atoms with Crippen LogP contribution in [0.3, 0.4) is 0 Å². The molecule has 0 spiro atoms. The van der Waals surface area contributed by atoms with Gasteiger partial charge in [0.15, 0.2) is 0 Å². The summed E-state index contributed by atoms with van der Waals surface area (Å²) >= 11 is 0. The van der Waals surface area contributed by atoms with Gasteiger partial charge < -0.3 is 14.8 Å². The summed E-state index contributed by atoms with van der Waals surface area (Å²) in [4.78, 5) is 15.2. The molecule has 2 fully saturated rings. The molecule has 2 aromatic rings. The monoisotopic (exact) mass is 353 g/mol. The minimum atomic E-state index is 0.200. The third-order valence-corrected chi connectivity index (χ3v) is 6.25. The molecule has 0 saturated carbocycles. The zero-order valence-electron chi connectivity index (χ0n) is 15.9. The molecule has 0 radical (unpaired) electrons. The zero-order valence-corrected chi connectivity index (χ0v) is 15.9. The van der Waals surface area contributed by atoms with E-state index in [1.54, 1.807) is 0 Å². The maximum Gasteiger partial charge on any atom is 0.227 e. The van der Waals surface area contributed by atoms with Crippen LogP contribution in [0.2, 0.25) is 0 Å². The Morgan fingerprint density at radius 2 is 2.12 bits per heavy atom. The van der Waals surface area contributed by atoms with Crippen LogP contribution < -0.4 is 5.32 Å². The molecular weight excluding hydrogens is 322 g/mol. The summed E-state index contributed by atoms with van der Waals surface area (Å²) < 4.78 is 2.43. The second-order valence-corrected chi connectivity index (χ2v) is 7.85. The first-order chi connectivity index (χ1) is 12.8. The fourth-order valence-electron chi connectivity index (χ4n) is 4.89. The van der Waals surface area contributed by atoms with Gasteiger partial charge in [-0.15, -0.1) is 0 Å². The molecule has 2 saturated heterocycles. The molecule has 0 aliphatic carbocycles. The van der Waals surface area contributed by atoms with Crippen molar-refractivity contribution >= 4 is 16.8 Å². The number of piperidine rings is 1. The van der Waals surface area contributed by atoms with Crippen LogP contribution in [-0.4, -0.2) is 41.1 Å². The lowest BCUT2D eigenvalue weighted by Gasteiger charge is -2.31. The van der Waals surface area contributed by atoms with Crippen molar-refractivity contribution in [3.63, 3.8) is 0 Å². The number of amides is 1. The largest absolute Gasteiger partial charge is 0.345 e. The smallest absolute Gasteiger partial charge is 0.227 e. The van der Waals surface area contributed by atoms with Gasteiger partial charge in [-0.3, -0.25) is 4.79 Å². The standard InChI is InChI=1S/C22H31N3O/c1-2-24-20(15-17-7-3-4-10-21(17)24)12-11-19-9-6-14-25(19)22(26)18-8-5-13-23-16-18/h3-4,7,10,15,18-19,23H,2,5-6,8-9,11-14,16H2,1H3/t18?,19-/m0/s1. The maximum absolute atomic E-state index is 13.0. The predicted molar refractivity (Wildman–Crippen MR) is 106 cm³/mol. The van der Waals surface area contributed by atoms with Crippen molar-refractivity contribution in [2.45, 2.75) is 58.0 Å². The Morgan fingerprint density at radius 1 is 1.23 bits per heavy atom. The van der Waals surface area contributed by atoms with Crippen LogP contribution in [0.1, 0.15) is 44.7 Å². The Morgan fingerprint density at radius 3 is 2.92 bits per heavy atom. The molecule has 1 unspecified atom stereocenters. The average molecular weight is 354 g/mol. The van der Waals surface area contributed by atoms with E-state index in [1.165, 1.54) is 16.6 Å². The predicted octanol–water partition coefficient (Wildman–Crippen LogP) is 3.58. The molecule has 1 N–H and O–H groups in total. The number of aryl methyl sites for hydroxylation is 2. The van der Waals surface area contributed by atoms with Crippen LogP contribution >= 0.6 is 0 Å². The highest BCUT2D eigenvalue weighted by atomic mass is 16.2. The third kappa shape index (κ3) is 3.39. The van der Waals surface area contributed by atoms with Crippen molar-refractivity contribution < 1.29 is 4.79 Å². The fraction of sp³-hybridized carbons (Fsp3) is 0.591.